The number of rotatable bonds is 5. The lowest BCUT2D eigenvalue weighted by Crippen LogP contribution is -2.40. The molecule has 1 heterocycles. The van der Waals surface area contributed by atoms with Crippen molar-refractivity contribution in [1.29, 1.82) is 0 Å². The molecular formula is C22H28ClIN4O. The van der Waals surface area contributed by atoms with Gasteiger partial charge in [-0.2, -0.15) is 0 Å². The number of hydrogen-bond acceptors (Lipinski definition) is 3. The lowest BCUT2D eigenvalue weighted by atomic mass is 10.0. The Bertz CT molecular complexity index is 854. The Morgan fingerprint density at radius 1 is 1.14 bits per heavy atom. The average Bonchev–Trinajstić information content (AvgIpc) is 3.17. The van der Waals surface area contributed by atoms with Gasteiger partial charge in [-0.15, -0.1) is 24.0 Å². The van der Waals surface area contributed by atoms with E-state index in [0.29, 0.717) is 12.5 Å². The highest BCUT2D eigenvalue weighted by Gasteiger charge is 2.22. The fourth-order valence-electron chi connectivity index (χ4n) is 4.06. The van der Waals surface area contributed by atoms with Crippen molar-refractivity contribution in [2.24, 2.45) is 10.7 Å². The molecule has 1 aliphatic carbocycles. The summed E-state index contributed by atoms with van der Waals surface area (Å²) >= 11 is 6.23. The molecule has 2 aromatic rings. The third kappa shape index (κ3) is 5.84. The summed E-state index contributed by atoms with van der Waals surface area (Å²) in [4.78, 5) is 7.04. The van der Waals surface area contributed by atoms with E-state index in [9.17, 15) is 0 Å². The molecule has 0 saturated carbocycles. The molecule has 1 atom stereocenters. The van der Waals surface area contributed by atoms with E-state index in [-0.39, 0.29) is 30.0 Å². The summed E-state index contributed by atoms with van der Waals surface area (Å²) < 4.78 is 5.51. The first-order chi connectivity index (χ1) is 13.7. The standard InChI is InChI=1S/C22H27ClN4O.HI/c23-19-6-2-5-18(13-19)21(27-9-11-28-12-10-27)15-25-22(24)26-20-8-7-16-3-1-4-17(16)14-20;/h2,5-8,13-14,21H,1,3-4,9-12,15H2,(H3,24,25,26);1H. The number of ether oxygens (including phenoxy) is 1. The number of guanidine groups is 1. The van der Waals surface area contributed by atoms with Gasteiger partial charge in [0.25, 0.3) is 0 Å². The first-order valence-electron chi connectivity index (χ1n) is 9.95. The zero-order valence-electron chi connectivity index (χ0n) is 16.4. The van der Waals surface area contributed by atoms with Gasteiger partial charge in [0.1, 0.15) is 0 Å². The molecule has 7 heteroatoms. The SMILES string of the molecule is I.NC(=NCC(c1cccc(Cl)c1)N1CCOCC1)Nc1ccc2c(c1)CCC2. The molecule has 156 valence electrons. The van der Waals surface area contributed by atoms with Gasteiger partial charge in [0.2, 0.25) is 0 Å². The van der Waals surface area contributed by atoms with E-state index >= 15 is 0 Å². The van der Waals surface area contributed by atoms with Crippen LogP contribution >= 0.6 is 35.6 Å². The normalized spacial score (nSPS) is 18.0. The molecule has 4 rings (SSSR count). The summed E-state index contributed by atoms with van der Waals surface area (Å²) in [6.45, 7) is 3.81. The van der Waals surface area contributed by atoms with Crippen molar-refractivity contribution >= 4 is 47.2 Å². The first-order valence-corrected chi connectivity index (χ1v) is 10.3. The van der Waals surface area contributed by atoms with E-state index in [4.69, 9.17) is 22.1 Å². The molecule has 0 spiro atoms. The Morgan fingerprint density at radius 3 is 2.72 bits per heavy atom. The fourth-order valence-corrected chi connectivity index (χ4v) is 4.26. The lowest BCUT2D eigenvalue weighted by Gasteiger charge is -2.34. The van der Waals surface area contributed by atoms with E-state index < -0.39 is 0 Å². The number of nitrogens with one attached hydrogen (secondary N) is 1. The summed E-state index contributed by atoms with van der Waals surface area (Å²) in [5.74, 6) is 0.443. The van der Waals surface area contributed by atoms with Crippen molar-refractivity contribution in [1.82, 2.24) is 4.90 Å². The van der Waals surface area contributed by atoms with E-state index in [2.05, 4.69) is 39.5 Å². The Kier molecular flexibility index (Phi) is 8.17. The van der Waals surface area contributed by atoms with E-state index in [1.807, 2.05) is 18.2 Å². The molecular weight excluding hydrogens is 499 g/mol. The number of fused-ring (bicyclic) bond motifs is 1. The zero-order chi connectivity index (χ0) is 19.3. The molecule has 29 heavy (non-hydrogen) atoms. The van der Waals surface area contributed by atoms with Gasteiger partial charge in [-0.3, -0.25) is 9.89 Å². The van der Waals surface area contributed by atoms with Crippen LogP contribution in [0.4, 0.5) is 5.69 Å². The van der Waals surface area contributed by atoms with E-state index in [1.54, 1.807) is 0 Å². The smallest absolute Gasteiger partial charge is 0.193 e. The van der Waals surface area contributed by atoms with E-state index in [1.165, 1.54) is 24.0 Å². The molecule has 2 aromatic carbocycles. The second-order valence-electron chi connectivity index (χ2n) is 7.41. The Morgan fingerprint density at radius 2 is 1.93 bits per heavy atom. The minimum absolute atomic E-state index is 0. The third-order valence-corrected chi connectivity index (χ3v) is 5.76. The van der Waals surface area contributed by atoms with Gasteiger partial charge in [-0.05, 0) is 60.2 Å². The lowest BCUT2D eigenvalue weighted by molar-refractivity contribution is 0.0180. The molecule has 3 N–H and O–H groups in total. The number of anilines is 1. The number of aryl methyl sites for hydroxylation is 2. The van der Waals surface area contributed by atoms with Crippen LogP contribution in [-0.4, -0.2) is 43.7 Å². The van der Waals surface area contributed by atoms with Crippen molar-refractivity contribution in [2.75, 3.05) is 38.2 Å². The molecule has 0 amide bonds. The number of benzene rings is 2. The minimum Gasteiger partial charge on any atom is -0.379 e. The van der Waals surface area contributed by atoms with Crippen LogP contribution in [0.3, 0.4) is 0 Å². The summed E-state index contributed by atoms with van der Waals surface area (Å²) in [5.41, 5.74) is 11.2. The van der Waals surface area contributed by atoms with Crippen molar-refractivity contribution in [2.45, 2.75) is 25.3 Å². The molecule has 5 nitrogen and oxygen atoms in total. The van der Waals surface area contributed by atoms with Crippen LogP contribution in [0.2, 0.25) is 5.02 Å². The molecule has 1 saturated heterocycles. The Labute approximate surface area is 194 Å². The third-order valence-electron chi connectivity index (χ3n) is 5.53. The van der Waals surface area contributed by atoms with Crippen LogP contribution in [0.1, 0.15) is 29.2 Å². The topological polar surface area (TPSA) is 62.9 Å². The maximum atomic E-state index is 6.23. The number of morpholine rings is 1. The number of hydrogen-bond donors (Lipinski definition) is 2. The summed E-state index contributed by atoms with van der Waals surface area (Å²) in [6.07, 6.45) is 3.57. The van der Waals surface area contributed by atoms with Crippen LogP contribution < -0.4 is 11.1 Å². The van der Waals surface area contributed by atoms with Crippen LogP contribution in [0.15, 0.2) is 47.5 Å². The highest BCUT2D eigenvalue weighted by atomic mass is 127. The van der Waals surface area contributed by atoms with Crippen molar-refractivity contribution < 1.29 is 4.74 Å². The van der Waals surface area contributed by atoms with Crippen molar-refractivity contribution in [3.05, 3.63) is 64.2 Å². The van der Waals surface area contributed by atoms with Gasteiger partial charge in [0.15, 0.2) is 5.96 Å². The predicted octanol–water partition coefficient (Wildman–Crippen LogP) is 4.25. The average molecular weight is 527 g/mol. The predicted molar refractivity (Wildman–Crippen MR) is 131 cm³/mol. The maximum absolute atomic E-state index is 6.23. The van der Waals surface area contributed by atoms with Gasteiger partial charge in [0.05, 0.1) is 25.8 Å². The summed E-state index contributed by atoms with van der Waals surface area (Å²) in [7, 11) is 0. The maximum Gasteiger partial charge on any atom is 0.193 e. The van der Waals surface area contributed by atoms with Crippen LogP contribution in [0, 0.1) is 0 Å². The monoisotopic (exact) mass is 526 g/mol. The molecule has 0 radical (unpaired) electrons. The molecule has 1 unspecified atom stereocenters. The highest BCUT2D eigenvalue weighted by molar-refractivity contribution is 14.0. The van der Waals surface area contributed by atoms with Crippen LogP contribution in [0.5, 0.6) is 0 Å². The second-order valence-corrected chi connectivity index (χ2v) is 7.84. The molecule has 1 fully saturated rings. The first kappa shape index (κ1) is 22.3. The van der Waals surface area contributed by atoms with Crippen molar-refractivity contribution in [3.8, 4) is 0 Å². The highest BCUT2D eigenvalue weighted by Crippen LogP contribution is 2.26. The Balaban J connectivity index is 0.00000240. The zero-order valence-corrected chi connectivity index (χ0v) is 19.5. The van der Waals surface area contributed by atoms with Crippen LogP contribution in [-0.2, 0) is 17.6 Å². The second kappa shape index (κ2) is 10.6. The van der Waals surface area contributed by atoms with Gasteiger partial charge < -0.3 is 15.8 Å². The number of nitrogens with two attached hydrogens (primary N) is 1. The summed E-state index contributed by atoms with van der Waals surface area (Å²) in [5, 5.41) is 3.99. The largest absolute Gasteiger partial charge is 0.379 e. The van der Waals surface area contributed by atoms with Crippen molar-refractivity contribution in [3.63, 3.8) is 0 Å². The van der Waals surface area contributed by atoms with Gasteiger partial charge in [-0.1, -0.05) is 29.8 Å². The molecule has 1 aliphatic heterocycles. The Hall–Kier alpha value is -1.35. The van der Waals surface area contributed by atoms with E-state index in [0.717, 1.165) is 49.0 Å². The van der Waals surface area contributed by atoms with Gasteiger partial charge in [0, 0.05) is 23.8 Å². The van der Waals surface area contributed by atoms with Gasteiger partial charge >= 0.3 is 0 Å². The number of nitrogens with zero attached hydrogens (tertiary/aromatic N) is 2. The fraction of sp³-hybridized carbons (Fsp3) is 0.409. The summed E-state index contributed by atoms with van der Waals surface area (Å²) in [6, 6.07) is 14.6. The minimum atomic E-state index is 0. The molecule has 0 bridgehead atoms. The van der Waals surface area contributed by atoms with Gasteiger partial charge in [-0.25, -0.2) is 0 Å². The molecule has 2 aliphatic rings. The number of halogens is 2. The number of aliphatic imine (C=N–C) groups is 1. The van der Waals surface area contributed by atoms with Crippen LogP contribution in [0.25, 0.3) is 0 Å². The molecule has 0 aromatic heterocycles. The quantitative estimate of drug-likeness (QED) is 0.347.